The van der Waals surface area contributed by atoms with Gasteiger partial charge in [0, 0.05) is 29.0 Å². The van der Waals surface area contributed by atoms with Crippen molar-refractivity contribution in [1.29, 1.82) is 0 Å². The van der Waals surface area contributed by atoms with E-state index in [0.717, 1.165) is 28.5 Å². The molecule has 0 unspecified atom stereocenters. The van der Waals surface area contributed by atoms with Gasteiger partial charge in [-0.05, 0) is 93.7 Å². The Morgan fingerprint density at radius 3 is 2.29 bits per heavy atom. The molecule has 2 aromatic carbocycles. The molecule has 2 atom stereocenters. The van der Waals surface area contributed by atoms with E-state index in [2.05, 4.69) is 81.3 Å². The Morgan fingerprint density at radius 1 is 0.882 bits per heavy atom. The van der Waals surface area contributed by atoms with Crippen molar-refractivity contribution < 1.29 is 4.74 Å². The summed E-state index contributed by atoms with van der Waals surface area (Å²) in [5.74, 6) is 0.846. The molecule has 5 rings (SSSR count). The molecular weight excluding hydrogens is 440 g/mol. The maximum absolute atomic E-state index is 5.89. The summed E-state index contributed by atoms with van der Waals surface area (Å²) in [6.45, 7) is 6.19. The Bertz CT molecular complexity index is 1270. The summed E-state index contributed by atoms with van der Waals surface area (Å²) in [5, 5.41) is 4.23. The number of nitrogens with one attached hydrogen (secondary N) is 1. The van der Waals surface area contributed by atoms with Crippen LogP contribution in [0.5, 0.6) is 5.75 Å². The second-order valence-electron chi connectivity index (χ2n) is 8.73. The summed E-state index contributed by atoms with van der Waals surface area (Å²) in [4.78, 5) is 6.87. The average Bonchev–Trinajstić information content (AvgIpc) is 3.39. The standard InChI is InChI=1S/C28H28N4OS/c1-19(2)33-23-15-13-22(14-16-23)32-27(26(30-28(32)34)24-11-7-8-18-29-24)25-17-12-20(3)31(25)21-9-5-4-6-10-21/h4-19,26-27H,1-3H3,(H,30,34)/t26-,27+/m1/s1. The van der Waals surface area contributed by atoms with Crippen molar-refractivity contribution >= 4 is 23.0 Å². The van der Waals surface area contributed by atoms with Gasteiger partial charge in [-0.15, -0.1) is 0 Å². The molecule has 5 nitrogen and oxygen atoms in total. The van der Waals surface area contributed by atoms with Crippen molar-refractivity contribution in [3.63, 3.8) is 0 Å². The molecule has 1 aliphatic rings. The van der Waals surface area contributed by atoms with E-state index in [4.69, 9.17) is 17.0 Å². The van der Waals surface area contributed by atoms with Crippen molar-refractivity contribution in [2.24, 2.45) is 0 Å². The summed E-state index contributed by atoms with van der Waals surface area (Å²) in [5.41, 5.74) is 5.40. The van der Waals surface area contributed by atoms with Crippen LogP contribution in [0.4, 0.5) is 5.69 Å². The monoisotopic (exact) mass is 468 g/mol. The van der Waals surface area contributed by atoms with Crippen LogP contribution in [0.15, 0.2) is 91.1 Å². The molecule has 0 spiro atoms. The van der Waals surface area contributed by atoms with Crippen molar-refractivity contribution in [1.82, 2.24) is 14.9 Å². The van der Waals surface area contributed by atoms with Gasteiger partial charge in [0.25, 0.3) is 0 Å². The van der Waals surface area contributed by atoms with Crippen LogP contribution >= 0.6 is 12.2 Å². The van der Waals surface area contributed by atoms with Gasteiger partial charge in [0.05, 0.1) is 17.8 Å². The molecule has 0 radical (unpaired) electrons. The van der Waals surface area contributed by atoms with Crippen LogP contribution in [0.2, 0.25) is 0 Å². The van der Waals surface area contributed by atoms with E-state index < -0.39 is 0 Å². The van der Waals surface area contributed by atoms with Gasteiger partial charge >= 0.3 is 0 Å². The van der Waals surface area contributed by atoms with Crippen LogP contribution in [-0.2, 0) is 0 Å². The van der Waals surface area contributed by atoms with E-state index in [-0.39, 0.29) is 18.2 Å². The lowest BCUT2D eigenvalue weighted by atomic mass is 10.0. The van der Waals surface area contributed by atoms with Gasteiger partial charge in [-0.2, -0.15) is 0 Å². The first kappa shape index (κ1) is 22.2. The second-order valence-corrected chi connectivity index (χ2v) is 9.11. The van der Waals surface area contributed by atoms with Crippen LogP contribution in [0.3, 0.4) is 0 Å². The van der Waals surface area contributed by atoms with Gasteiger partial charge < -0.3 is 19.5 Å². The summed E-state index contributed by atoms with van der Waals surface area (Å²) >= 11 is 5.89. The van der Waals surface area contributed by atoms with Crippen LogP contribution in [-0.4, -0.2) is 20.8 Å². The normalized spacial score (nSPS) is 17.8. The van der Waals surface area contributed by atoms with Gasteiger partial charge in [-0.3, -0.25) is 4.98 Å². The van der Waals surface area contributed by atoms with Gasteiger partial charge in [0.15, 0.2) is 5.11 Å². The lowest BCUT2D eigenvalue weighted by molar-refractivity contribution is 0.242. The number of aryl methyl sites for hydroxylation is 1. The molecule has 1 fully saturated rings. The highest BCUT2D eigenvalue weighted by Gasteiger charge is 2.42. The van der Waals surface area contributed by atoms with Gasteiger partial charge in [0.2, 0.25) is 0 Å². The van der Waals surface area contributed by atoms with E-state index in [1.54, 1.807) is 0 Å². The number of thiocarbonyl (C=S) groups is 1. The molecule has 1 saturated heterocycles. The zero-order valence-corrected chi connectivity index (χ0v) is 20.4. The summed E-state index contributed by atoms with van der Waals surface area (Å²) in [7, 11) is 0. The fourth-order valence-corrected chi connectivity index (χ4v) is 4.96. The number of hydrogen-bond acceptors (Lipinski definition) is 3. The zero-order valence-electron chi connectivity index (χ0n) is 19.6. The lowest BCUT2D eigenvalue weighted by Crippen LogP contribution is -2.30. The Kier molecular flexibility index (Phi) is 6.07. The fraction of sp³-hybridized carbons (Fsp3) is 0.214. The number of nitrogens with zero attached hydrogens (tertiary/aromatic N) is 3. The van der Waals surface area contributed by atoms with Crippen molar-refractivity contribution in [3.05, 3.63) is 108 Å². The van der Waals surface area contributed by atoms with Gasteiger partial charge in [0.1, 0.15) is 11.8 Å². The molecule has 0 amide bonds. The van der Waals surface area contributed by atoms with E-state index in [0.29, 0.717) is 5.11 Å². The molecule has 34 heavy (non-hydrogen) atoms. The van der Waals surface area contributed by atoms with Crippen LogP contribution in [0.1, 0.15) is 43.0 Å². The first-order valence-electron chi connectivity index (χ1n) is 11.5. The maximum atomic E-state index is 5.89. The summed E-state index contributed by atoms with van der Waals surface area (Å²) in [6, 6.07) is 28.8. The largest absolute Gasteiger partial charge is 0.491 e. The minimum Gasteiger partial charge on any atom is -0.491 e. The number of aromatic nitrogens is 2. The number of pyridine rings is 1. The predicted molar refractivity (Wildman–Crippen MR) is 141 cm³/mol. The molecule has 3 heterocycles. The Labute approximate surface area is 206 Å². The number of ether oxygens (including phenoxy) is 1. The molecule has 1 N–H and O–H groups in total. The number of para-hydroxylation sites is 1. The third-order valence-electron chi connectivity index (χ3n) is 6.01. The summed E-state index contributed by atoms with van der Waals surface area (Å²) in [6.07, 6.45) is 1.96. The van der Waals surface area contributed by atoms with E-state index in [9.17, 15) is 0 Å². The van der Waals surface area contributed by atoms with Crippen LogP contribution in [0, 0.1) is 6.92 Å². The van der Waals surface area contributed by atoms with Gasteiger partial charge in [-0.25, -0.2) is 0 Å². The average molecular weight is 469 g/mol. The zero-order chi connectivity index (χ0) is 23.7. The van der Waals surface area contributed by atoms with Gasteiger partial charge in [-0.1, -0.05) is 24.3 Å². The van der Waals surface area contributed by atoms with Crippen molar-refractivity contribution in [2.75, 3.05) is 4.90 Å². The number of rotatable bonds is 6. The highest BCUT2D eigenvalue weighted by atomic mass is 32.1. The molecule has 0 aliphatic carbocycles. The van der Waals surface area contributed by atoms with Crippen molar-refractivity contribution in [3.8, 4) is 11.4 Å². The number of hydrogen-bond donors (Lipinski definition) is 1. The first-order valence-corrected chi connectivity index (χ1v) is 11.9. The smallest absolute Gasteiger partial charge is 0.174 e. The minimum absolute atomic E-state index is 0.0897. The third kappa shape index (κ3) is 4.17. The predicted octanol–water partition coefficient (Wildman–Crippen LogP) is 6.15. The van der Waals surface area contributed by atoms with E-state index >= 15 is 0 Å². The number of benzene rings is 2. The first-order chi connectivity index (χ1) is 16.5. The minimum atomic E-state index is -0.1000. The molecule has 6 heteroatoms. The molecule has 0 bridgehead atoms. The summed E-state index contributed by atoms with van der Waals surface area (Å²) < 4.78 is 8.16. The molecule has 172 valence electrons. The number of anilines is 1. The van der Waals surface area contributed by atoms with Crippen molar-refractivity contribution in [2.45, 2.75) is 39.0 Å². The topological polar surface area (TPSA) is 42.3 Å². The second kappa shape index (κ2) is 9.31. The highest BCUT2D eigenvalue weighted by Crippen LogP contribution is 2.43. The Hall–Kier alpha value is -3.64. The maximum Gasteiger partial charge on any atom is 0.174 e. The SMILES string of the molecule is Cc1ccc([C@H]2[C@@H](c3ccccn3)NC(=S)N2c2ccc(OC(C)C)cc2)n1-c1ccccc1. The molecule has 1 aliphatic heterocycles. The van der Waals surface area contributed by atoms with Crippen LogP contribution in [0.25, 0.3) is 5.69 Å². The highest BCUT2D eigenvalue weighted by molar-refractivity contribution is 7.80. The van der Waals surface area contributed by atoms with E-state index in [1.165, 1.54) is 5.69 Å². The Balaban J connectivity index is 1.63. The molecule has 0 saturated carbocycles. The Morgan fingerprint density at radius 2 is 1.62 bits per heavy atom. The fourth-order valence-electron chi connectivity index (χ4n) is 4.61. The third-order valence-corrected chi connectivity index (χ3v) is 6.32. The lowest BCUT2D eigenvalue weighted by Gasteiger charge is -2.29. The molecule has 4 aromatic rings. The van der Waals surface area contributed by atoms with E-state index in [1.807, 2.05) is 50.4 Å². The van der Waals surface area contributed by atoms with Crippen LogP contribution < -0.4 is 15.0 Å². The molecule has 2 aromatic heterocycles. The quantitative estimate of drug-likeness (QED) is 0.344. The molecular formula is C28H28N4OS.